The second-order valence-electron chi connectivity index (χ2n) is 7.02. The van der Waals surface area contributed by atoms with Crippen LogP contribution in [0.25, 0.3) is 21.6 Å². The van der Waals surface area contributed by atoms with E-state index in [1.165, 1.54) is 17.7 Å². The van der Waals surface area contributed by atoms with Gasteiger partial charge in [-0.25, -0.2) is 9.97 Å². The second kappa shape index (κ2) is 8.49. The Bertz CT molecular complexity index is 1410. The number of ether oxygens (including phenoxy) is 1. The van der Waals surface area contributed by atoms with Gasteiger partial charge in [-0.05, 0) is 42.0 Å². The Balaban J connectivity index is 1.56. The highest BCUT2D eigenvalue weighted by molar-refractivity contribution is 7.16. The number of nitrogens with zero attached hydrogens (tertiary/aromatic N) is 5. The number of hydrogen-bond acceptors (Lipinski definition) is 7. The third-order valence-corrected chi connectivity index (χ3v) is 6.22. The van der Waals surface area contributed by atoms with Crippen LogP contribution in [0.1, 0.15) is 20.9 Å². The first kappa shape index (κ1) is 20.3. The summed E-state index contributed by atoms with van der Waals surface area (Å²) in [6.45, 7) is 0.593. The fraction of sp³-hybridized carbons (Fsp3) is 0.0870. The van der Waals surface area contributed by atoms with Crippen LogP contribution in [0, 0.1) is 0 Å². The first-order valence-electron chi connectivity index (χ1n) is 9.68. The first-order chi connectivity index (χ1) is 15.6. The minimum absolute atomic E-state index is 0.198. The Hall–Kier alpha value is -3.62. The largest absolute Gasteiger partial charge is 0.497 e. The number of carbonyl (C=O) groups excluding carboxylic acids is 1. The maximum atomic E-state index is 13.4. The molecule has 0 bridgehead atoms. The van der Waals surface area contributed by atoms with E-state index in [0.29, 0.717) is 38.6 Å². The summed E-state index contributed by atoms with van der Waals surface area (Å²) in [6, 6.07) is 15.1. The molecular formula is C23H16ClN5O2S. The number of methoxy groups -OCH3 is 1. The number of halogens is 1. The third kappa shape index (κ3) is 3.86. The summed E-state index contributed by atoms with van der Waals surface area (Å²) in [5, 5.41) is 10.6. The van der Waals surface area contributed by atoms with Crippen LogP contribution >= 0.6 is 22.9 Å². The molecule has 0 aliphatic carbocycles. The first-order valence-corrected chi connectivity index (χ1v) is 10.9. The molecule has 3 heterocycles. The predicted molar refractivity (Wildman–Crippen MR) is 123 cm³/mol. The molecule has 5 rings (SSSR count). The van der Waals surface area contributed by atoms with Crippen LogP contribution < -0.4 is 4.74 Å². The van der Waals surface area contributed by atoms with E-state index >= 15 is 0 Å². The SMILES string of the molecule is COc1ccc2c(c1)c(C(=O)c1nnc(-c3ccncn3)s1)cn2Cc1ccc(Cl)cc1. The number of fused-ring (bicyclic) bond motifs is 1. The molecule has 0 spiro atoms. The van der Waals surface area contributed by atoms with Gasteiger partial charge in [0.05, 0.1) is 12.7 Å². The molecule has 0 saturated heterocycles. The van der Waals surface area contributed by atoms with Crippen LogP contribution in [0.4, 0.5) is 0 Å². The lowest BCUT2D eigenvalue weighted by atomic mass is 10.1. The van der Waals surface area contributed by atoms with E-state index in [-0.39, 0.29) is 5.78 Å². The summed E-state index contributed by atoms with van der Waals surface area (Å²) in [5.74, 6) is 0.477. The number of carbonyl (C=O) groups is 1. The highest BCUT2D eigenvalue weighted by Crippen LogP contribution is 2.30. The number of benzene rings is 2. The van der Waals surface area contributed by atoms with Gasteiger partial charge in [0.25, 0.3) is 0 Å². The highest BCUT2D eigenvalue weighted by atomic mass is 35.5. The molecule has 158 valence electrons. The van der Waals surface area contributed by atoms with Crippen molar-refractivity contribution in [3.8, 4) is 16.5 Å². The van der Waals surface area contributed by atoms with Crippen molar-refractivity contribution in [2.75, 3.05) is 7.11 Å². The van der Waals surface area contributed by atoms with Crippen molar-refractivity contribution in [2.24, 2.45) is 0 Å². The van der Waals surface area contributed by atoms with Gasteiger partial charge in [0, 0.05) is 34.9 Å². The molecule has 0 N–H and O–H groups in total. The van der Waals surface area contributed by atoms with Gasteiger partial charge >= 0.3 is 0 Å². The summed E-state index contributed by atoms with van der Waals surface area (Å²) in [7, 11) is 1.60. The molecular weight excluding hydrogens is 446 g/mol. The van der Waals surface area contributed by atoms with Crippen LogP contribution in [0.15, 0.2) is 67.3 Å². The Labute approximate surface area is 192 Å². The van der Waals surface area contributed by atoms with Crippen LogP contribution in [-0.2, 0) is 6.54 Å². The quantitative estimate of drug-likeness (QED) is 0.335. The molecule has 0 atom stereocenters. The fourth-order valence-corrected chi connectivity index (χ4v) is 4.35. The van der Waals surface area contributed by atoms with E-state index in [1.807, 2.05) is 53.2 Å². The average molecular weight is 462 g/mol. The Morgan fingerprint density at radius 1 is 1.12 bits per heavy atom. The third-order valence-electron chi connectivity index (χ3n) is 5.02. The molecule has 32 heavy (non-hydrogen) atoms. The maximum absolute atomic E-state index is 13.4. The van der Waals surface area contributed by atoms with Gasteiger partial charge in [0.1, 0.15) is 17.8 Å². The summed E-state index contributed by atoms with van der Waals surface area (Å²) in [6.07, 6.45) is 4.92. The molecule has 0 radical (unpaired) electrons. The van der Waals surface area contributed by atoms with Crippen LogP contribution in [0.5, 0.6) is 5.75 Å². The normalized spacial score (nSPS) is 11.1. The van der Waals surface area contributed by atoms with E-state index in [9.17, 15) is 4.79 Å². The van der Waals surface area contributed by atoms with Crippen molar-refractivity contribution in [1.29, 1.82) is 0 Å². The molecule has 2 aromatic carbocycles. The van der Waals surface area contributed by atoms with Gasteiger partial charge in [0.2, 0.25) is 5.78 Å². The lowest BCUT2D eigenvalue weighted by Crippen LogP contribution is -2.01. The van der Waals surface area contributed by atoms with Crippen LogP contribution in [0.3, 0.4) is 0 Å². The number of aromatic nitrogens is 5. The van der Waals surface area contributed by atoms with Crippen molar-refractivity contribution in [2.45, 2.75) is 6.54 Å². The zero-order valence-electron chi connectivity index (χ0n) is 16.9. The lowest BCUT2D eigenvalue weighted by Gasteiger charge is -2.06. The van der Waals surface area contributed by atoms with Crippen molar-refractivity contribution in [1.82, 2.24) is 24.7 Å². The Morgan fingerprint density at radius 3 is 2.72 bits per heavy atom. The lowest BCUT2D eigenvalue weighted by molar-refractivity contribution is 0.103. The van der Waals surface area contributed by atoms with E-state index in [1.54, 1.807) is 19.4 Å². The second-order valence-corrected chi connectivity index (χ2v) is 8.43. The standard InChI is InChI=1S/C23H16ClN5O2S/c1-31-16-6-7-20-17(10-16)18(12-29(20)11-14-2-4-15(24)5-3-14)21(30)23-28-27-22(32-23)19-8-9-25-13-26-19/h2-10,12-13H,11H2,1H3. The molecule has 0 unspecified atom stereocenters. The molecule has 0 aliphatic heterocycles. The van der Waals surface area contributed by atoms with Gasteiger partial charge in [0.15, 0.2) is 10.0 Å². The molecule has 0 fully saturated rings. The molecule has 0 amide bonds. The summed E-state index contributed by atoms with van der Waals surface area (Å²) in [5.41, 5.74) is 3.16. The van der Waals surface area contributed by atoms with Crippen molar-refractivity contribution in [3.63, 3.8) is 0 Å². The van der Waals surface area contributed by atoms with Crippen molar-refractivity contribution >= 4 is 39.6 Å². The minimum atomic E-state index is -0.198. The van der Waals surface area contributed by atoms with Crippen LogP contribution in [-0.4, -0.2) is 37.6 Å². The summed E-state index contributed by atoms with van der Waals surface area (Å²) >= 11 is 7.22. The van der Waals surface area contributed by atoms with Gasteiger partial charge < -0.3 is 9.30 Å². The maximum Gasteiger partial charge on any atom is 0.225 e. The Morgan fingerprint density at radius 2 is 1.97 bits per heavy atom. The molecule has 0 aliphatic rings. The summed E-state index contributed by atoms with van der Waals surface area (Å²) < 4.78 is 7.43. The molecule has 5 aromatic rings. The van der Waals surface area contributed by atoms with Gasteiger partial charge in [-0.3, -0.25) is 4.79 Å². The molecule has 3 aromatic heterocycles. The monoisotopic (exact) mass is 461 g/mol. The number of ketones is 1. The van der Waals surface area contributed by atoms with Gasteiger partial charge in [-0.2, -0.15) is 0 Å². The van der Waals surface area contributed by atoms with Crippen molar-refractivity contribution in [3.05, 3.63) is 88.4 Å². The summed E-state index contributed by atoms with van der Waals surface area (Å²) in [4.78, 5) is 21.5. The fourth-order valence-electron chi connectivity index (χ4n) is 3.45. The number of rotatable bonds is 6. The average Bonchev–Trinajstić information content (AvgIpc) is 3.46. The van der Waals surface area contributed by atoms with Crippen molar-refractivity contribution < 1.29 is 9.53 Å². The topological polar surface area (TPSA) is 82.8 Å². The molecule has 7 nitrogen and oxygen atoms in total. The predicted octanol–water partition coefficient (Wildman–Crippen LogP) is 4.89. The Kier molecular flexibility index (Phi) is 5.38. The smallest absolute Gasteiger partial charge is 0.225 e. The van der Waals surface area contributed by atoms with Gasteiger partial charge in [-0.15, -0.1) is 10.2 Å². The minimum Gasteiger partial charge on any atom is -0.497 e. The zero-order valence-corrected chi connectivity index (χ0v) is 18.5. The van der Waals surface area contributed by atoms with E-state index in [4.69, 9.17) is 16.3 Å². The van der Waals surface area contributed by atoms with E-state index in [2.05, 4.69) is 20.2 Å². The van der Waals surface area contributed by atoms with Gasteiger partial charge in [-0.1, -0.05) is 35.1 Å². The molecule has 9 heteroatoms. The van der Waals surface area contributed by atoms with Crippen LogP contribution in [0.2, 0.25) is 5.02 Å². The highest BCUT2D eigenvalue weighted by Gasteiger charge is 2.22. The zero-order chi connectivity index (χ0) is 22.1. The molecule has 0 saturated carbocycles. The van der Waals surface area contributed by atoms with E-state index < -0.39 is 0 Å². The number of hydrogen-bond donors (Lipinski definition) is 0. The van der Waals surface area contributed by atoms with E-state index in [0.717, 1.165) is 16.5 Å².